The van der Waals surface area contributed by atoms with Gasteiger partial charge in [0.05, 0.1) is 0 Å². The van der Waals surface area contributed by atoms with Crippen molar-refractivity contribution >= 4 is 12.0 Å². The molecule has 1 aromatic carbocycles. The highest BCUT2D eigenvalue weighted by Crippen LogP contribution is 2.38. The summed E-state index contributed by atoms with van der Waals surface area (Å²) in [4.78, 5) is 10.7. The molecule has 0 heterocycles. The van der Waals surface area contributed by atoms with Crippen LogP contribution in [0.4, 0.5) is 0 Å². The van der Waals surface area contributed by atoms with Crippen molar-refractivity contribution in [2.24, 2.45) is 0 Å². The van der Waals surface area contributed by atoms with Gasteiger partial charge in [-0.15, -0.1) is 0 Å². The fourth-order valence-corrected chi connectivity index (χ4v) is 1.95. The van der Waals surface area contributed by atoms with Gasteiger partial charge in [-0.05, 0) is 28.5 Å². The molecule has 0 aromatic heterocycles. The van der Waals surface area contributed by atoms with Gasteiger partial charge in [0, 0.05) is 17.2 Å². The minimum Gasteiger partial charge on any atom is -0.507 e. The van der Waals surface area contributed by atoms with Crippen LogP contribution in [0.25, 0.3) is 6.08 Å². The highest BCUT2D eigenvalue weighted by atomic mass is 16.4. The molecule has 3 nitrogen and oxygen atoms in total. The van der Waals surface area contributed by atoms with Crippen molar-refractivity contribution in [1.82, 2.24) is 0 Å². The minimum absolute atomic E-state index is 0.0699. The van der Waals surface area contributed by atoms with Gasteiger partial charge in [0.1, 0.15) is 5.75 Å². The Balaban J connectivity index is 3.55. The van der Waals surface area contributed by atoms with Crippen LogP contribution in [0.3, 0.4) is 0 Å². The van der Waals surface area contributed by atoms with E-state index in [1.54, 1.807) is 0 Å². The maximum Gasteiger partial charge on any atom is 0.328 e. The fraction of sp³-hybridized carbons (Fsp3) is 0.471. The summed E-state index contributed by atoms with van der Waals surface area (Å²) in [7, 11) is 0. The maximum atomic E-state index is 10.7. The van der Waals surface area contributed by atoms with Crippen molar-refractivity contribution in [1.29, 1.82) is 0 Å². The van der Waals surface area contributed by atoms with E-state index in [2.05, 4.69) is 20.8 Å². The summed E-state index contributed by atoms with van der Waals surface area (Å²) >= 11 is 0. The van der Waals surface area contributed by atoms with Crippen LogP contribution in [0.15, 0.2) is 18.2 Å². The Labute approximate surface area is 121 Å². The summed E-state index contributed by atoms with van der Waals surface area (Å²) in [6.45, 7) is 12.4. The number of hydrogen-bond acceptors (Lipinski definition) is 2. The van der Waals surface area contributed by atoms with Gasteiger partial charge in [0.15, 0.2) is 0 Å². The molecule has 0 saturated carbocycles. The summed E-state index contributed by atoms with van der Waals surface area (Å²) in [5.74, 6) is -0.870. The fourth-order valence-electron chi connectivity index (χ4n) is 1.95. The summed E-state index contributed by atoms with van der Waals surface area (Å²) in [6.07, 6.45) is 2.50. The molecule has 110 valence electrons. The zero-order valence-electron chi connectivity index (χ0n) is 13.1. The van der Waals surface area contributed by atoms with Gasteiger partial charge in [-0.3, -0.25) is 0 Å². The third kappa shape index (κ3) is 3.86. The number of benzene rings is 1. The lowest BCUT2D eigenvalue weighted by Gasteiger charge is -2.27. The van der Waals surface area contributed by atoms with Gasteiger partial charge in [0.2, 0.25) is 0 Å². The van der Waals surface area contributed by atoms with E-state index >= 15 is 0 Å². The van der Waals surface area contributed by atoms with Gasteiger partial charge in [0.25, 0.3) is 0 Å². The van der Waals surface area contributed by atoms with Crippen molar-refractivity contribution in [2.75, 3.05) is 0 Å². The topological polar surface area (TPSA) is 57.5 Å². The first-order valence-electron chi connectivity index (χ1n) is 6.72. The highest BCUT2D eigenvalue weighted by Gasteiger charge is 2.24. The average Bonchev–Trinajstić information content (AvgIpc) is 2.24. The van der Waals surface area contributed by atoms with E-state index < -0.39 is 5.97 Å². The molecule has 0 bridgehead atoms. The first-order valence-corrected chi connectivity index (χ1v) is 6.72. The third-order valence-corrected chi connectivity index (χ3v) is 3.22. The van der Waals surface area contributed by atoms with Crippen molar-refractivity contribution in [3.63, 3.8) is 0 Å². The van der Waals surface area contributed by atoms with Crippen LogP contribution >= 0.6 is 0 Å². The van der Waals surface area contributed by atoms with Crippen LogP contribution in [0.2, 0.25) is 0 Å². The number of carboxylic acid groups (broad SMARTS) is 1. The number of hydrogen-bond donors (Lipinski definition) is 2. The SMILES string of the molecule is CC(C)(C)c1cc(/C=C/C(=O)O)c(O)c(C(C)(C)C)c1. The maximum absolute atomic E-state index is 10.7. The van der Waals surface area contributed by atoms with Crippen molar-refractivity contribution in [3.05, 3.63) is 34.9 Å². The van der Waals surface area contributed by atoms with Gasteiger partial charge in [-0.2, -0.15) is 0 Å². The summed E-state index contributed by atoms with van der Waals surface area (Å²) in [5, 5.41) is 19.1. The molecule has 0 amide bonds. The molecule has 0 aliphatic rings. The molecule has 3 heteroatoms. The van der Waals surface area contributed by atoms with Crippen LogP contribution in [0.1, 0.15) is 58.2 Å². The number of aromatic hydroxyl groups is 1. The largest absolute Gasteiger partial charge is 0.507 e. The van der Waals surface area contributed by atoms with Crippen LogP contribution in [0, 0.1) is 0 Å². The molecule has 1 rings (SSSR count). The minimum atomic E-state index is -1.03. The summed E-state index contributed by atoms with van der Waals surface area (Å²) < 4.78 is 0. The lowest BCUT2D eigenvalue weighted by Crippen LogP contribution is -2.17. The number of phenolic OH excluding ortho intramolecular Hbond substituents is 1. The van der Waals surface area contributed by atoms with Gasteiger partial charge < -0.3 is 10.2 Å². The normalized spacial score (nSPS) is 12.9. The summed E-state index contributed by atoms with van der Waals surface area (Å²) in [6, 6.07) is 3.86. The first-order chi connectivity index (χ1) is 8.93. The predicted molar refractivity (Wildman–Crippen MR) is 82.2 cm³/mol. The molecule has 0 fully saturated rings. The van der Waals surface area contributed by atoms with Gasteiger partial charge in [-0.1, -0.05) is 47.6 Å². The quantitative estimate of drug-likeness (QED) is 0.800. The molecule has 0 atom stereocenters. The Morgan fingerprint density at radius 1 is 1.05 bits per heavy atom. The van der Waals surface area contributed by atoms with E-state index in [9.17, 15) is 9.90 Å². The van der Waals surface area contributed by atoms with E-state index in [0.717, 1.165) is 17.2 Å². The van der Waals surface area contributed by atoms with E-state index in [1.807, 2.05) is 32.9 Å². The second-order valence-electron chi connectivity index (χ2n) is 7.13. The smallest absolute Gasteiger partial charge is 0.328 e. The Morgan fingerprint density at radius 3 is 2.00 bits per heavy atom. The molecule has 0 radical (unpaired) electrons. The molecule has 1 aromatic rings. The predicted octanol–water partition coefficient (Wildman–Crippen LogP) is 4.09. The molecular weight excluding hydrogens is 252 g/mol. The Morgan fingerprint density at radius 2 is 1.60 bits per heavy atom. The van der Waals surface area contributed by atoms with Crippen molar-refractivity contribution in [3.8, 4) is 5.75 Å². The lowest BCUT2D eigenvalue weighted by atomic mass is 9.79. The highest BCUT2D eigenvalue weighted by molar-refractivity contribution is 5.86. The van der Waals surface area contributed by atoms with Gasteiger partial charge in [-0.25, -0.2) is 4.79 Å². The standard InChI is InChI=1S/C17H24O3/c1-16(2,3)12-9-11(7-8-14(18)19)15(20)13(10-12)17(4,5)6/h7-10,20H,1-6H3,(H,18,19)/b8-7+. The molecule has 20 heavy (non-hydrogen) atoms. The molecule has 0 saturated heterocycles. The average molecular weight is 276 g/mol. The first kappa shape index (κ1) is 16.3. The number of aliphatic carboxylic acids is 1. The second-order valence-corrected chi connectivity index (χ2v) is 7.13. The number of phenols is 1. The summed E-state index contributed by atoms with van der Waals surface area (Å²) in [5.41, 5.74) is 2.17. The van der Waals surface area contributed by atoms with E-state index in [4.69, 9.17) is 5.11 Å². The molecular formula is C17H24O3. The van der Waals surface area contributed by atoms with Crippen molar-refractivity contribution in [2.45, 2.75) is 52.4 Å². The Bertz CT molecular complexity index is 541. The van der Waals surface area contributed by atoms with Crippen LogP contribution < -0.4 is 0 Å². The van der Waals surface area contributed by atoms with Crippen LogP contribution in [-0.4, -0.2) is 16.2 Å². The van der Waals surface area contributed by atoms with Crippen molar-refractivity contribution < 1.29 is 15.0 Å². The number of rotatable bonds is 2. The second kappa shape index (κ2) is 5.31. The molecule has 0 spiro atoms. The van der Waals surface area contributed by atoms with Crippen LogP contribution in [0.5, 0.6) is 5.75 Å². The zero-order chi connectivity index (χ0) is 15.7. The lowest BCUT2D eigenvalue weighted by molar-refractivity contribution is -0.131. The number of carbonyl (C=O) groups is 1. The molecule has 0 aliphatic carbocycles. The zero-order valence-corrected chi connectivity index (χ0v) is 13.1. The number of carboxylic acids is 1. The molecule has 2 N–H and O–H groups in total. The Hall–Kier alpha value is -1.77. The van der Waals surface area contributed by atoms with E-state index in [-0.39, 0.29) is 16.6 Å². The van der Waals surface area contributed by atoms with E-state index in [0.29, 0.717) is 5.56 Å². The molecule has 0 aliphatic heterocycles. The van der Waals surface area contributed by atoms with Gasteiger partial charge >= 0.3 is 5.97 Å². The monoisotopic (exact) mass is 276 g/mol. The Kier molecular flexibility index (Phi) is 4.33. The van der Waals surface area contributed by atoms with E-state index in [1.165, 1.54) is 6.08 Å². The van der Waals surface area contributed by atoms with Crippen LogP contribution in [-0.2, 0) is 15.6 Å². The molecule has 0 unspecified atom stereocenters. The third-order valence-electron chi connectivity index (χ3n) is 3.22.